The van der Waals surface area contributed by atoms with Gasteiger partial charge in [-0.1, -0.05) is 0 Å². The molecule has 1 spiro atoms. The molecule has 0 unspecified atom stereocenters. The van der Waals surface area contributed by atoms with Gasteiger partial charge in [0.15, 0.2) is 0 Å². The van der Waals surface area contributed by atoms with Crippen LogP contribution in [0, 0.1) is 0 Å². The number of likely N-dealkylation sites (tertiary alicyclic amines) is 1. The summed E-state index contributed by atoms with van der Waals surface area (Å²) in [6.07, 6.45) is 0.296. The van der Waals surface area contributed by atoms with Gasteiger partial charge < -0.3 is 9.47 Å². The molecule has 3 heterocycles. The molecule has 23 heavy (non-hydrogen) atoms. The van der Waals surface area contributed by atoms with Gasteiger partial charge in [0, 0.05) is 42.4 Å². The Morgan fingerprint density at radius 1 is 1.52 bits per heavy atom. The monoisotopic (exact) mass is 345 g/mol. The fourth-order valence-electron chi connectivity index (χ4n) is 3.86. The van der Waals surface area contributed by atoms with Crippen molar-refractivity contribution in [2.75, 3.05) is 33.4 Å². The van der Waals surface area contributed by atoms with Gasteiger partial charge in [0.05, 0.1) is 13.2 Å². The minimum absolute atomic E-state index is 0.136. The summed E-state index contributed by atoms with van der Waals surface area (Å²) in [5, 5.41) is 0. The van der Waals surface area contributed by atoms with Gasteiger partial charge in [0.2, 0.25) is 6.43 Å². The SMILES string of the molecule is COCCN1CC[C@]2(C[C@@H]1C)OCCc1cc(CC(F)F)sc12. The van der Waals surface area contributed by atoms with Gasteiger partial charge in [-0.15, -0.1) is 11.3 Å². The minimum atomic E-state index is -2.28. The van der Waals surface area contributed by atoms with E-state index in [-0.39, 0.29) is 12.0 Å². The van der Waals surface area contributed by atoms with Crippen LogP contribution in [0.3, 0.4) is 0 Å². The van der Waals surface area contributed by atoms with E-state index >= 15 is 0 Å². The summed E-state index contributed by atoms with van der Waals surface area (Å²) in [5.74, 6) is 0. The smallest absolute Gasteiger partial charge is 0.243 e. The van der Waals surface area contributed by atoms with Crippen molar-refractivity contribution in [3.63, 3.8) is 0 Å². The maximum atomic E-state index is 12.7. The van der Waals surface area contributed by atoms with E-state index in [0.717, 1.165) is 43.8 Å². The van der Waals surface area contributed by atoms with E-state index in [4.69, 9.17) is 9.47 Å². The molecule has 2 aliphatic rings. The fourth-order valence-corrected chi connectivity index (χ4v) is 5.26. The Hall–Kier alpha value is -0.560. The number of nitrogens with zero attached hydrogens (tertiary/aromatic N) is 1. The lowest BCUT2D eigenvalue weighted by atomic mass is 9.82. The first-order valence-corrected chi connectivity index (χ1v) is 9.13. The molecule has 3 nitrogen and oxygen atoms in total. The number of halogens is 2. The molecule has 0 aliphatic carbocycles. The molecule has 6 heteroatoms. The molecule has 0 amide bonds. The number of thiophene rings is 1. The summed E-state index contributed by atoms with van der Waals surface area (Å²) in [7, 11) is 1.73. The van der Waals surface area contributed by atoms with E-state index < -0.39 is 6.43 Å². The van der Waals surface area contributed by atoms with Crippen LogP contribution >= 0.6 is 11.3 Å². The number of methoxy groups -OCH3 is 1. The van der Waals surface area contributed by atoms with E-state index in [9.17, 15) is 8.78 Å². The number of hydrogen-bond acceptors (Lipinski definition) is 4. The Kier molecular flexibility index (Phi) is 5.35. The second kappa shape index (κ2) is 7.13. The zero-order valence-corrected chi connectivity index (χ0v) is 14.6. The van der Waals surface area contributed by atoms with Gasteiger partial charge in [0.25, 0.3) is 0 Å². The topological polar surface area (TPSA) is 21.7 Å². The molecule has 0 bridgehead atoms. The zero-order valence-electron chi connectivity index (χ0n) is 13.8. The van der Waals surface area contributed by atoms with Crippen molar-refractivity contribution in [1.29, 1.82) is 0 Å². The van der Waals surface area contributed by atoms with Crippen molar-refractivity contribution < 1.29 is 18.3 Å². The molecule has 0 aromatic carbocycles. The van der Waals surface area contributed by atoms with E-state index in [1.54, 1.807) is 18.4 Å². The van der Waals surface area contributed by atoms with Crippen LogP contribution < -0.4 is 0 Å². The van der Waals surface area contributed by atoms with Crippen molar-refractivity contribution >= 4 is 11.3 Å². The molecule has 0 N–H and O–H groups in total. The third-order valence-electron chi connectivity index (χ3n) is 5.01. The average molecular weight is 345 g/mol. The largest absolute Gasteiger partial charge is 0.383 e. The Morgan fingerprint density at radius 2 is 2.35 bits per heavy atom. The molecule has 0 saturated carbocycles. The number of alkyl halides is 2. The summed E-state index contributed by atoms with van der Waals surface area (Å²) in [5.41, 5.74) is 0.969. The normalized spacial score (nSPS) is 28.5. The first-order chi connectivity index (χ1) is 11.0. The Bertz CT molecular complexity index is 537. The van der Waals surface area contributed by atoms with Crippen molar-refractivity contribution in [3.05, 3.63) is 21.4 Å². The van der Waals surface area contributed by atoms with Crippen LogP contribution in [0.25, 0.3) is 0 Å². The molecule has 3 rings (SSSR count). The van der Waals surface area contributed by atoms with Crippen molar-refractivity contribution in [2.45, 2.75) is 50.7 Å². The van der Waals surface area contributed by atoms with Crippen LogP contribution in [0.2, 0.25) is 0 Å². The molecule has 1 aromatic heterocycles. The summed E-state index contributed by atoms with van der Waals surface area (Å²) in [4.78, 5) is 4.43. The molecule has 1 saturated heterocycles. The van der Waals surface area contributed by atoms with Crippen LogP contribution in [-0.4, -0.2) is 50.8 Å². The Morgan fingerprint density at radius 3 is 3.04 bits per heavy atom. The van der Waals surface area contributed by atoms with Crippen LogP contribution in [-0.2, 0) is 27.9 Å². The van der Waals surface area contributed by atoms with Crippen molar-refractivity contribution in [3.8, 4) is 0 Å². The fraction of sp³-hybridized carbons (Fsp3) is 0.765. The minimum Gasteiger partial charge on any atom is -0.383 e. The van der Waals surface area contributed by atoms with Crippen LogP contribution in [0.5, 0.6) is 0 Å². The van der Waals surface area contributed by atoms with E-state index in [2.05, 4.69) is 11.8 Å². The number of piperidine rings is 1. The molecular weight excluding hydrogens is 320 g/mol. The van der Waals surface area contributed by atoms with Gasteiger partial charge in [-0.3, -0.25) is 4.90 Å². The first kappa shape index (κ1) is 17.3. The molecule has 1 aromatic rings. The van der Waals surface area contributed by atoms with E-state index in [1.807, 2.05) is 6.07 Å². The molecule has 1 fully saturated rings. The molecule has 0 radical (unpaired) electrons. The predicted octanol–water partition coefficient (Wildman–Crippen LogP) is 3.45. The van der Waals surface area contributed by atoms with E-state index in [0.29, 0.717) is 12.6 Å². The first-order valence-electron chi connectivity index (χ1n) is 8.31. The number of hydrogen-bond donors (Lipinski definition) is 0. The highest BCUT2D eigenvalue weighted by molar-refractivity contribution is 7.12. The number of rotatable bonds is 5. The highest BCUT2D eigenvalue weighted by atomic mass is 32.1. The van der Waals surface area contributed by atoms with Crippen LogP contribution in [0.15, 0.2) is 6.07 Å². The van der Waals surface area contributed by atoms with Crippen LogP contribution in [0.4, 0.5) is 8.78 Å². The second-order valence-electron chi connectivity index (χ2n) is 6.59. The second-order valence-corrected chi connectivity index (χ2v) is 7.72. The molecule has 2 aliphatic heterocycles. The van der Waals surface area contributed by atoms with E-state index in [1.165, 1.54) is 10.4 Å². The maximum Gasteiger partial charge on any atom is 0.243 e. The quantitative estimate of drug-likeness (QED) is 0.816. The Labute approximate surface area is 140 Å². The van der Waals surface area contributed by atoms with Crippen molar-refractivity contribution in [1.82, 2.24) is 4.90 Å². The lowest BCUT2D eigenvalue weighted by Gasteiger charge is -2.47. The third kappa shape index (κ3) is 3.60. The summed E-state index contributed by atoms with van der Waals surface area (Å²) in [6, 6.07) is 2.39. The van der Waals surface area contributed by atoms with Gasteiger partial charge in [-0.2, -0.15) is 0 Å². The van der Waals surface area contributed by atoms with Gasteiger partial charge >= 0.3 is 0 Å². The van der Waals surface area contributed by atoms with Gasteiger partial charge in [-0.25, -0.2) is 8.78 Å². The summed E-state index contributed by atoms with van der Waals surface area (Å²) in [6.45, 7) is 5.55. The Balaban J connectivity index is 1.78. The average Bonchev–Trinajstić information content (AvgIpc) is 2.90. The standard InChI is InChI=1S/C17H25F2NO2S/c1-12-11-17(4-5-20(12)6-8-21-2)16-13(3-7-22-17)9-14(23-16)10-15(18)19/h9,12,15H,3-8,10-11H2,1-2H3/t12-,17+/m0/s1. The predicted molar refractivity (Wildman–Crippen MR) is 87.5 cm³/mol. The lowest BCUT2D eigenvalue weighted by molar-refractivity contribution is -0.110. The molecule has 130 valence electrons. The highest BCUT2D eigenvalue weighted by Gasteiger charge is 2.44. The zero-order chi connectivity index (χ0) is 16.4. The number of fused-ring (bicyclic) bond motifs is 2. The van der Waals surface area contributed by atoms with Crippen LogP contribution in [0.1, 0.15) is 35.1 Å². The molecular formula is C17H25F2NO2S. The third-order valence-corrected chi connectivity index (χ3v) is 6.40. The molecule has 2 atom stereocenters. The van der Waals surface area contributed by atoms with Crippen molar-refractivity contribution in [2.24, 2.45) is 0 Å². The lowest BCUT2D eigenvalue weighted by Crippen LogP contribution is -2.51. The summed E-state index contributed by atoms with van der Waals surface area (Å²) < 4.78 is 36.8. The maximum absolute atomic E-state index is 12.7. The highest BCUT2D eigenvalue weighted by Crippen LogP contribution is 2.47. The van der Waals surface area contributed by atoms with Gasteiger partial charge in [0.1, 0.15) is 5.60 Å². The number of ether oxygens (including phenoxy) is 2. The van der Waals surface area contributed by atoms with Gasteiger partial charge in [-0.05, 0) is 37.8 Å². The summed E-state index contributed by atoms with van der Waals surface area (Å²) >= 11 is 1.54.